The molecule has 6 heteroatoms. The molecule has 0 aliphatic heterocycles. The van der Waals surface area contributed by atoms with Gasteiger partial charge in [-0.3, -0.25) is 4.79 Å². The Morgan fingerprint density at radius 3 is 3.06 bits per heavy atom. The zero-order chi connectivity index (χ0) is 12.8. The maximum absolute atomic E-state index is 11.1. The molecule has 0 saturated heterocycles. The van der Waals surface area contributed by atoms with Crippen molar-refractivity contribution >= 4 is 22.4 Å². The minimum Gasteiger partial charge on any atom is -0.469 e. The first-order chi connectivity index (χ1) is 8.08. The molecule has 0 aromatic carbocycles. The van der Waals surface area contributed by atoms with Crippen molar-refractivity contribution in [1.29, 1.82) is 5.26 Å². The van der Waals surface area contributed by atoms with Crippen LogP contribution >= 0.6 is 11.3 Å². The smallest absolute Gasteiger partial charge is 0.311 e. The van der Waals surface area contributed by atoms with E-state index in [0.717, 1.165) is 5.13 Å². The minimum absolute atomic E-state index is 0.108. The number of hydrogen-bond acceptors (Lipinski definition) is 6. The highest BCUT2D eigenvalue weighted by atomic mass is 32.1. The third-order valence-electron chi connectivity index (χ3n) is 2.44. The van der Waals surface area contributed by atoms with Crippen molar-refractivity contribution in [3.63, 3.8) is 0 Å². The molecule has 5 nitrogen and oxygen atoms in total. The number of carbonyl (C=O) groups excluding carboxylic acids is 1. The average molecular weight is 253 g/mol. The average Bonchev–Trinajstić information content (AvgIpc) is 2.76. The zero-order valence-electron chi connectivity index (χ0n) is 10.1. The number of rotatable bonds is 5. The van der Waals surface area contributed by atoms with Crippen LogP contribution in [-0.4, -0.2) is 31.2 Å². The molecule has 0 aliphatic carbocycles. The fourth-order valence-corrected chi connectivity index (χ4v) is 2.11. The maximum atomic E-state index is 11.1. The number of nitrogens with zero attached hydrogens (tertiary/aromatic N) is 3. The molecule has 0 bridgehead atoms. The Morgan fingerprint density at radius 1 is 1.76 bits per heavy atom. The molecule has 0 saturated carbocycles. The van der Waals surface area contributed by atoms with Gasteiger partial charge < -0.3 is 9.64 Å². The van der Waals surface area contributed by atoms with E-state index in [9.17, 15) is 4.79 Å². The van der Waals surface area contributed by atoms with Crippen LogP contribution in [0.2, 0.25) is 0 Å². The van der Waals surface area contributed by atoms with Crippen molar-refractivity contribution in [2.75, 3.05) is 19.1 Å². The van der Waals surface area contributed by atoms with Crippen molar-refractivity contribution in [3.8, 4) is 6.07 Å². The number of ether oxygens (including phenoxy) is 1. The van der Waals surface area contributed by atoms with E-state index >= 15 is 0 Å². The Kier molecular flexibility index (Phi) is 4.91. The molecule has 1 heterocycles. The van der Waals surface area contributed by atoms with Gasteiger partial charge in [0.2, 0.25) is 0 Å². The maximum Gasteiger partial charge on any atom is 0.311 e. The van der Waals surface area contributed by atoms with E-state index in [1.165, 1.54) is 18.4 Å². The third kappa shape index (κ3) is 3.71. The van der Waals surface area contributed by atoms with Crippen molar-refractivity contribution in [3.05, 3.63) is 11.1 Å². The second-order valence-corrected chi connectivity index (χ2v) is 4.53. The van der Waals surface area contributed by atoms with Crippen molar-refractivity contribution in [1.82, 2.24) is 4.98 Å². The molecule has 0 N–H and O–H groups in total. The second-order valence-electron chi connectivity index (χ2n) is 3.70. The van der Waals surface area contributed by atoms with Crippen LogP contribution in [0.3, 0.4) is 0 Å². The Hall–Kier alpha value is -1.61. The predicted octanol–water partition coefficient (Wildman–Crippen LogP) is 1.60. The number of methoxy groups -OCH3 is 1. The van der Waals surface area contributed by atoms with E-state index in [2.05, 4.69) is 15.8 Å². The molecule has 0 radical (unpaired) electrons. The minimum atomic E-state index is -0.297. The van der Waals surface area contributed by atoms with Gasteiger partial charge in [-0.05, 0) is 6.92 Å². The molecule has 1 unspecified atom stereocenters. The number of hydrogen-bond donors (Lipinski definition) is 0. The van der Waals surface area contributed by atoms with E-state index in [-0.39, 0.29) is 18.4 Å². The lowest BCUT2D eigenvalue weighted by Gasteiger charge is -2.21. The normalized spacial score (nSPS) is 11.6. The number of anilines is 1. The van der Waals surface area contributed by atoms with Crippen LogP contribution in [-0.2, 0) is 16.0 Å². The summed E-state index contributed by atoms with van der Waals surface area (Å²) in [6, 6.07) is 2.24. The fraction of sp³-hybridized carbons (Fsp3) is 0.545. The number of esters is 1. The van der Waals surface area contributed by atoms with Crippen LogP contribution in [0.15, 0.2) is 5.38 Å². The quantitative estimate of drug-likeness (QED) is 0.746. The molecule has 92 valence electrons. The first-order valence-corrected chi connectivity index (χ1v) is 6.07. The summed E-state index contributed by atoms with van der Waals surface area (Å²) in [5, 5.41) is 11.3. The van der Waals surface area contributed by atoms with Gasteiger partial charge in [-0.1, -0.05) is 0 Å². The summed E-state index contributed by atoms with van der Waals surface area (Å²) in [4.78, 5) is 17.4. The molecule has 0 fully saturated rings. The van der Waals surface area contributed by atoms with E-state index < -0.39 is 0 Å². The second kappa shape index (κ2) is 6.21. The van der Waals surface area contributed by atoms with Crippen LogP contribution in [0.1, 0.15) is 19.0 Å². The summed E-state index contributed by atoms with van der Waals surface area (Å²) in [6.45, 7) is 1.96. The van der Waals surface area contributed by atoms with E-state index in [4.69, 9.17) is 5.26 Å². The number of carbonyl (C=O) groups is 1. The Labute approximate surface area is 105 Å². The van der Waals surface area contributed by atoms with Gasteiger partial charge in [0.1, 0.15) is 0 Å². The molecule has 0 aliphatic rings. The predicted molar refractivity (Wildman–Crippen MR) is 65.9 cm³/mol. The lowest BCUT2D eigenvalue weighted by molar-refractivity contribution is -0.139. The molecule has 1 rings (SSSR count). The summed E-state index contributed by atoms with van der Waals surface area (Å²) >= 11 is 1.46. The fourth-order valence-electron chi connectivity index (χ4n) is 1.22. The van der Waals surface area contributed by atoms with Crippen LogP contribution in [0, 0.1) is 11.3 Å². The van der Waals surface area contributed by atoms with Gasteiger partial charge in [0.15, 0.2) is 5.13 Å². The van der Waals surface area contributed by atoms with Crippen LogP contribution in [0.5, 0.6) is 0 Å². The summed E-state index contributed by atoms with van der Waals surface area (Å²) in [6.07, 6.45) is 0.635. The van der Waals surface area contributed by atoms with Gasteiger partial charge in [-0.15, -0.1) is 11.3 Å². The largest absolute Gasteiger partial charge is 0.469 e. The van der Waals surface area contributed by atoms with Crippen LogP contribution < -0.4 is 4.90 Å². The number of aromatic nitrogens is 1. The van der Waals surface area contributed by atoms with Crippen molar-refractivity contribution < 1.29 is 9.53 Å². The SMILES string of the molecule is COC(=O)Cc1csc(N(C)C(C)CC#N)n1. The van der Waals surface area contributed by atoms with E-state index in [1.54, 1.807) is 0 Å². The Balaban J connectivity index is 2.67. The van der Waals surface area contributed by atoms with Crippen molar-refractivity contribution in [2.45, 2.75) is 25.8 Å². The number of thiazole rings is 1. The summed E-state index contributed by atoms with van der Waals surface area (Å²) in [5.41, 5.74) is 0.702. The molecule has 1 aromatic rings. The van der Waals surface area contributed by atoms with E-state index in [0.29, 0.717) is 12.1 Å². The molecular formula is C11H15N3O2S. The number of nitriles is 1. The van der Waals surface area contributed by atoms with Gasteiger partial charge in [0, 0.05) is 18.5 Å². The van der Waals surface area contributed by atoms with Crippen LogP contribution in [0.4, 0.5) is 5.13 Å². The van der Waals surface area contributed by atoms with E-state index in [1.807, 2.05) is 24.3 Å². The molecule has 0 spiro atoms. The van der Waals surface area contributed by atoms with Crippen LogP contribution in [0.25, 0.3) is 0 Å². The highest BCUT2D eigenvalue weighted by Crippen LogP contribution is 2.22. The highest BCUT2D eigenvalue weighted by molar-refractivity contribution is 7.13. The highest BCUT2D eigenvalue weighted by Gasteiger charge is 2.14. The van der Waals surface area contributed by atoms with Gasteiger partial charge in [0.05, 0.1) is 31.7 Å². The Morgan fingerprint density at radius 2 is 2.47 bits per heavy atom. The van der Waals surface area contributed by atoms with Crippen molar-refractivity contribution in [2.24, 2.45) is 0 Å². The van der Waals surface area contributed by atoms with Gasteiger partial charge in [-0.2, -0.15) is 5.26 Å². The molecule has 1 aromatic heterocycles. The first kappa shape index (κ1) is 13.5. The van der Waals surface area contributed by atoms with Gasteiger partial charge in [-0.25, -0.2) is 4.98 Å². The molecule has 0 amide bonds. The molecule has 1 atom stereocenters. The molecule has 17 heavy (non-hydrogen) atoms. The van der Waals surface area contributed by atoms with Gasteiger partial charge in [0.25, 0.3) is 0 Å². The lowest BCUT2D eigenvalue weighted by atomic mass is 10.2. The summed E-state index contributed by atoms with van der Waals surface area (Å²) in [5.74, 6) is -0.297. The third-order valence-corrected chi connectivity index (χ3v) is 3.42. The monoisotopic (exact) mass is 253 g/mol. The first-order valence-electron chi connectivity index (χ1n) is 5.19. The lowest BCUT2D eigenvalue weighted by Crippen LogP contribution is -2.28. The molecular weight excluding hydrogens is 238 g/mol. The summed E-state index contributed by atoms with van der Waals surface area (Å²) in [7, 11) is 3.25. The topological polar surface area (TPSA) is 66.2 Å². The zero-order valence-corrected chi connectivity index (χ0v) is 11.0. The summed E-state index contributed by atoms with van der Waals surface area (Å²) < 4.78 is 4.58. The van der Waals surface area contributed by atoms with Gasteiger partial charge >= 0.3 is 5.97 Å². The standard InChI is InChI=1S/C11H15N3O2S/c1-8(4-5-12)14(2)11-13-9(7-17-11)6-10(15)16-3/h7-8H,4,6H2,1-3H3. The Bertz CT molecular complexity index is 425.